The highest BCUT2D eigenvalue weighted by Gasteiger charge is 2.26. The molecule has 0 saturated carbocycles. The van der Waals surface area contributed by atoms with E-state index in [0.717, 1.165) is 11.3 Å². The van der Waals surface area contributed by atoms with E-state index in [1.807, 2.05) is 36.4 Å². The van der Waals surface area contributed by atoms with E-state index in [1.165, 1.54) is 0 Å². The summed E-state index contributed by atoms with van der Waals surface area (Å²) in [4.78, 5) is 12.8. The number of carbonyl (C=O) groups is 1. The lowest BCUT2D eigenvalue weighted by atomic mass is 10.0. The quantitative estimate of drug-likeness (QED) is 0.731. The predicted octanol–water partition coefficient (Wildman–Crippen LogP) is 2.97. The van der Waals surface area contributed by atoms with Crippen molar-refractivity contribution < 1.29 is 14.3 Å². The Morgan fingerprint density at radius 2 is 2.11 bits per heavy atom. The number of hydrogen-bond acceptors (Lipinski definition) is 5. The standard InChI is InChI=1S/C20H19ClN4O3/c1-12-18(23-24-25(12)16-8-4-3-7-15(16)21)20(26)22-14-10-13-6-5-9-17(27-2)19(13)28-11-14/h3-9,14H,10-11H2,1-2H3,(H,22,26). The highest BCUT2D eigenvalue weighted by atomic mass is 35.5. The Kier molecular flexibility index (Phi) is 4.92. The molecule has 0 spiro atoms. The topological polar surface area (TPSA) is 78.3 Å². The number of carbonyl (C=O) groups excluding carboxylic acids is 1. The van der Waals surface area contributed by atoms with Gasteiger partial charge in [0.2, 0.25) is 0 Å². The molecule has 1 aliphatic rings. The molecule has 3 aromatic rings. The normalized spacial score (nSPS) is 15.5. The van der Waals surface area contributed by atoms with Crippen molar-refractivity contribution in [3.8, 4) is 17.2 Å². The number of rotatable bonds is 4. The highest BCUT2D eigenvalue weighted by Crippen LogP contribution is 2.34. The average Bonchev–Trinajstić information content (AvgIpc) is 3.09. The Hall–Kier alpha value is -3.06. The fraction of sp³-hybridized carbons (Fsp3) is 0.250. The number of halogens is 1. The minimum Gasteiger partial charge on any atom is -0.493 e. The molecule has 1 aliphatic heterocycles. The van der Waals surface area contributed by atoms with Crippen LogP contribution in [-0.4, -0.2) is 40.7 Å². The molecule has 1 unspecified atom stereocenters. The van der Waals surface area contributed by atoms with Crippen molar-refractivity contribution in [1.29, 1.82) is 0 Å². The van der Waals surface area contributed by atoms with Crippen LogP contribution in [0.5, 0.6) is 11.5 Å². The third-order valence-electron chi connectivity index (χ3n) is 4.70. The molecule has 2 heterocycles. The highest BCUT2D eigenvalue weighted by molar-refractivity contribution is 6.32. The number of amides is 1. The van der Waals surface area contributed by atoms with Gasteiger partial charge in [-0.3, -0.25) is 4.79 Å². The smallest absolute Gasteiger partial charge is 0.274 e. The second-order valence-corrected chi connectivity index (χ2v) is 6.93. The summed E-state index contributed by atoms with van der Waals surface area (Å²) in [6.45, 7) is 2.15. The van der Waals surface area contributed by atoms with E-state index in [0.29, 0.717) is 35.2 Å². The lowest BCUT2D eigenvalue weighted by Crippen LogP contribution is -2.43. The maximum Gasteiger partial charge on any atom is 0.274 e. The second-order valence-electron chi connectivity index (χ2n) is 6.52. The van der Waals surface area contributed by atoms with Gasteiger partial charge in [-0.2, -0.15) is 0 Å². The number of benzene rings is 2. The van der Waals surface area contributed by atoms with E-state index in [-0.39, 0.29) is 17.6 Å². The third-order valence-corrected chi connectivity index (χ3v) is 5.02. The van der Waals surface area contributed by atoms with Gasteiger partial charge in [0, 0.05) is 5.56 Å². The molecule has 4 rings (SSSR count). The summed E-state index contributed by atoms with van der Waals surface area (Å²) in [6, 6.07) is 12.8. The van der Waals surface area contributed by atoms with E-state index in [4.69, 9.17) is 21.1 Å². The van der Waals surface area contributed by atoms with Gasteiger partial charge in [-0.05, 0) is 31.5 Å². The van der Waals surface area contributed by atoms with Gasteiger partial charge >= 0.3 is 0 Å². The number of methoxy groups -OCH3 is 1. The van der Waals surface area contributed by atoms with Crippen LogP contribution in [-0.2, 0) is 6.42 Å². The van der Waals surface area contributed by atoms with Crippen molar-refractivity contribution in [3.05, 3.63) is 64.4 Å². The second kappa shape index (κ2) is 7.52. The molecule has 0 fully saturated rings. The molecule has 0 radical (unpaired) electrons. The Morgan fingerprint density at radius 3 is 2.89 bits per heavy atom. The van der Waals surface area contributed by atoms with Crippen molar-refractivity contribution in [2.45, 2.75) is 19.4 Å². The maximum absolute atomic E-state index is 12.8. The fourth-order valence-electron chi connectivity index (χ4n) is 3.29. The summed E-state index contributed by atoms with van der Waals surface area (Å²) < 4.78 is 12.7. The fourth-order valence-corrected chi connectivity index (χ4v) is 3.51. The number of para-hydroxylation sites is 2. The lowest BCUT2D eigenvalue weighted by Gasteiger charge is -2.27. The van der Waals surface area contributed by atoms with Gasteiger partial charge in [-0.1, -0.05) is 41.1 Å². The van der Waals surface area contributed by atoms with Gasteiger partial charge < -0.3 is 14.8 Å². The molecule has 0 bridgehead atoms. The Balaban J connectivity index is 1.51. The number of aromatic nitrogens is 3. The van der Waals surface area contributed by atoms with Gasteiger partial charge in [-0.15, -0.1) is 5.10 Å². The summed E-state index contributed by atoms with van der Waals surface area (Å²) in [6.07, 6.45) is 0.649. The molecule has 1 atom stereocenters. The van der Waals surface area contributed by atoms with E-state index >= 15 is 0 Å². The summed E-state index contributed by atoms with van der Waals surface area (Å²) in [5.41, 5.74) is 2.54. The minimum atomic E-state index is -0.296. The largest absolute Gasteiger partial charge is 0.493 e. The number of fused-ring (bicyclic) bond motifs is 1. The van der Waals surface area contributed by atoms with Gasteiger partial charge in [0.1, 0.15) is 6.61 Å². The van der Waals surface area contributed by atoms with Crippen LogP contribution in [0.15, 0.2) is 42.5 Å². The van der Waals surface area contributed by atoms with E-state index in [9.17, 15) is 4.79 Å². The van der Waals surface area contributed by atoms with Crippen molar-refractivity contribution >= 4 is 17.5 Å². The van der Waals surface area contributed by atoms with Gasteiger partial charge in [-0.25, -0.2) is 4.68 Å². The van der Waals surface area contributed by atoms with E-state index < -0.39 is 0 Å². The van der Waals surface area contributed by atoms with E-state index in [2.05, 4.69) is 15.6 Å². The van der Waals surface area contributed by atoms with Crippen molar-refractivity contribution in [1.82, 2.24) is 20.3 Å². The average molecular weight is 399 g/mol. The molecule has 8 heteroatoms. The summed E-state index contributed by atoms with van der Waals surface area (Å²) in [7, 11) is 1.61. The molecule has 1 amide bonds. The zero-order valence-electron chi connectivity index (χ0n) is 15.5. The van der Waals surface area contributed by atoms with Gasteiger partial charge in [0.05, 0.1) is 29.6 Å². The number of ether oxygens (including phenoxy) is 2. The predicted molar refractivity (Wildman–Crippen MR) is 105 cm³/mol. The van der Waals surface area contributed by atoms with Gasteiger partial charge in [0.15, 0.2) is 17.2 Å². The number of nitrogens with zero attached hydrogens (tertiary/aromatic N) is 3. The van der Waals surface area contributed by atoms with Crippen LogP contribution in [0.3, 0.4) is 0 Å². The van der Waals surface area contributed by atoms with Crippen molar-refractivity contribution in [2.75, 3.05) is 13.7 Å². The van der Waals surface area contributed by atoms with Crippen LogP contribution in [0.25, 0.3) is 5.69 Å². The zero-order valence-corrected chi connectivity index (χ0v) is 16.2. The van der Waals surface area contributed by atoms with Crippen molar-refractivity contribution in [3.63, 3.8) is 0 Å². The number of nitrogens with one attached hydrogen (secondary N) is 1. The molecule has 7 nitrogen and oxygen atoms in total. The van der Waals surface area contributed by atoms with Crippen LogP contribution in [0.1, 0.15) is 21.7 Å². The monoisotopic (exact) mass is 398 g/mol. The molecule has 2 aromatic carbocycles. The SMILES string of the molecule is COc1cccc2c1OCC(NC(=O)c1nnn(-c3ccccc3Cl)c1C)C2. The first kappa shape index (κ1) is 18.3. The summed E-state index contributed by atoms with van der Waals surface area (Å²) >= 11 is 6.23. The molecule has 144 valence electrons. The Labute approximate surface area is 167 Å². The first-order chi connectivity index (χ1) is 13.6. The van der Waals surface area contributed by atoms with Crippen molar-refractivity contribution in [2.24, 2.45) is 0 Å². The number of hydrogen-bond donors (Lipinski definition) is 1. The lowest BCUT2D eigenvalue weighted by molar-refractivity contribution is 0.0908. The third kappa shape index (κ3) is 3.29. The molecular weight excluding hydrogens is 380 g/mol. The van der Waals surface area contributed by atoms with E-state index in [1.54, 1.807) is 24.8 Å². The summed E-state index contributed by atoms with van der Waals surface area (Å²) in [5, 5.41) is 11.7. The van der Waals surface area contributed by atoms with Crippen LogP contribution >= 0.6 is 11.6 Å². The Bertz CT molecular complexity index is 1030. The molecule has 0 aliphatic carbocycles. The molecule has 1 N–H and O–H groups in total. The maximum atomic E-state index is 12.8. The summed E-state index contributed by atoms with van der Waals surface area (Å²) in [5.74, 6) is 1.13. The molecule has 1 aromatic heterocycles. The van der Waals surface area contributed by atoms with Crippen LogP contribution in [0.4, 0.5) is 0 Å². The molecule has 28 heavy (non-hydrogen) atoms. The molecule has 0 saturated heterocycles. The minimum absolute atomic E-state index is 0.169. The molecular formula is C20H19ClN4O3. The van der Waals surface area contributed by atoms with Crippen LogP contribution in [0.2, 0.25) is 5.02 Å². The zero-order chi connectivity index (χ0) is 19.7. The van der Waals surface area contributed by atoms with Crippen LogP contribution < -0.4 is 14.8 Å². The first-order valence-corrected chi connectivity index (χ1v) is 9.23. The first-order valence-electron chi connectivity index (χ1n) is 8.85. The Morgan fingerprint density at radius 1 is 1.29 bits per heavy atom. The van der Waals surface area contributed by atoms with Crippen LogP contribution in [0, 0.1) is 6.92 Å². The van der Waals surface area contributed by atoms with Gasteiger partial charge in [0.25, 0.3) is 5.91 Å².